The number of phenolic OH excluding ortho intramolecular Hbond substituents is 1. The zero-order valence-corrected chi connectivity index (χ0v) is 10.7. The summed E-state index contributed by atoms with van der Waals surface area (Å²) in [6.45, 7) is 0. The Morgan fingerprint density at radius 2 is 1.68 bits per heavy atom. The minimum absolute atomic E-state index is 0.209. The van der Waals surface area contributed by atoms with Gasteiger partial charge in [-0.1, -0.05) is 0 Å². The largest absolute Gasteiger partial charge is 0.506 e. The number of benzene rings is 2. The standard InChI is InChI=1S/C14H8F3NO4/c15-8-3-2-7(11(16)12(8)17)13(20)18-9-4-1-6(14(21)22)5-10(9)19/h1-5,19H,(H,18,20)(H,21,22). The van der Waals surface area contributed by atoms with Crippen molar-refractivity contribution in [3.63, 3.8) is 0 Å². The molecule has 5 nitrogen and oxygen atoms in total. The quantitative estimate of drug-likeness (QED) is 0.601. The Morgan fingerprint density at radius 3 is 2.27 bits per heavy atom. The van der Waals surface area contributed by atoms with Crippen molar-refractivity contribution >= 4 is 17.6 Å². The molecule has 22 heavy (non-hydrogen) atoms. The van der Waals surface area contributed by atoms with Crippen molar-refractivity contribution in [2.45, 2.75) is 0 Å². The smallest absolute Gasteiger partial charge is 0.335 e. The minimum Gasteiger partial charge on any atom is -0.506 e. The highest BCUT2D eigenvalue weighted by molar-refractivity contribution is 6.05. The number of aromatic hydroxyl groups is 1. The van der Waals surface area contributed by atoms with E-state index in [0.29, 0.717) is 6.07 Å². The summed E-state index contributed by atoms with van der Waals surface area (Å²) < 4.78 is 39.3. The Morgan fingerprint density at radius 1 is 1.00 bits per heavy atom. The minimum atomic E-state index is -1.79. The number of carbonyl (C=O) groups excluding carboxylic acids is 1. The number of rotatable bonds is 3. The fourth-order valence-electron chi connectivity index (χ4n) is 1.66. The molecular formula is C14H8F3NO4. The number of anilines is 1. The molecule has 0 aromatic heterocycles. The van der Waals surface area contributed by atoms with E-state index in [0.717, 1.165) is 24.3 Å². The molecule has 0 heterocycles. The Kier molecular flexibility index (Phi) is 4.02. The fourth-order valence-corrected chi connectivity index (χ4v) is 1.66. The van der Waals surface area contributed by atoms with Crippen molar-refractivity contribution in [1.29, 1.82) is 0 Å². The number of aromatic carboxylic acids is 1. The molecule has 2 aromatic carbocycles. The van der Waals surface area contributed by atoms with Crippen molar-refractivity contribution in [3.8, 4) is 5.75 Å². The van der Waals surface area contributed by atoms with E-state index in [1.807, 2.05) is 0 Å². The highest BCUT2D eigenvalue weighted by Crippen LogP contribution is 2.25. The van der Waals surface area contributed by atoms with Gasteiger partial charge in [-0.05, 0) is 30.3 Å². The van der Waals surface area contributed by atoms with Gasteiger partial charge in [0, 0.05) is 0 Å². The van der Waals surface area contributed by atoms with Crippen LogP contribution >= 0.6 is 0 Å². The van der Waals surface area contributed by atoms with Gasteiger partial charge in [-0.15, -0.1) is 0 Å². The molecule has 0 aliphatic rings. The lowest BCUT2D eigenvalue weighted by molar-refractivity contribution is 0.0696. The second-order valence-electron chi connectivity index (χ2n) is 4.21. The Balaban J connectivity index is 2.30. The molecule has 0 fully saturated rings. The Hall–Kier alpha value is -3.03. The Bertz CT molecular complexity index is 777. The lowest BCUT2D eigenvalue weighted by atomic mass is 10.1. The van der Waals surface area contributed by atoms with Gasteiger partial charge < -0.3 is 15.5 Å². The molecule has 0 radical (unpaired) electrons. The summed E-state index contributed by atoms with van der Waals surface area (Å²) in [4.78, 5) is 22.5. The molecule has 8 heteroatoms. The van der Waals surface area contributed by atoms with E-state index in [-0.39, 0.29) is 11.3 Å². The molecule has 0 bridgehead atoms. The van der Waals surface area contributed by atoms with Gasteiger partial charge in [0.05, 0.1) is 16.8 Å². The predicted octanol–water partition coefficient (Wildman–Crippen LogP) is 2.76. The van der Waals surface area contributed by atoms with Crippen LogP contribution in [0.3, 0.4) is 0 Å². The maximum atomic E-state index is 13.5. The van der Waals surface area contributed by atoms with Crippen LogP contribution in [0.25, 0.3) is 0 Å². The molecule has 0 atom stereocenters. The van der Waals surface area contributed by atoms with E-state index >= 15 is 0 Å². The number of carboxylic acid groups (broad SMARTS) is 1. The number of nitrogens with one attached hydrogen (secondary N) is 1. The average molecular weight is 311 g/mol. The molecule has 0 unspecified atom stereocenters. The third-order valence-corrected chi connectivity index (χ3v) is 2.77. The van der Waals surface area contributed by atoms with E-state index in [1.54, 1.807) is 0 Å². The molecule has 0 spiro atoms. The second-order valence-corrected chi connectivity index (χ2v) is 4.21. The molecule has 2 aromatic rings. The monoisotopic (exact) mass is 311 g/mol. The predicted molar refractivity (Wildman–Crippen MR) is 69.3 cm³/mol. The van der Waals surface area contributed by atoms with Gasteiger partial charge in [0.25, 0.3) is 5.91 Å². The molecule has 3 N–H and O–H groups in total. The lowest BCUT2D eigenvalue weighted by Gasteiger charge is -2.09. The van der Waals surface area contributed by atoms with Crippen molar-refractivity contribution in [1.82, 2.24) is 0 Å². The zero-order chi connectivity index (χ0) is 16.4. The number of hydrogen-bond donors (Lipinski definition) is 3. The van der Waals surface area contributed by atoms with Crippen molar-refractivity contribution < 1.29 is 33.0 Å². The lowest BCUT2D eigenvalue weighted by Crippen LogP contribution is -2.15. The van der Waals surface area contributed by atoms with Crippen LogP contribution in [-0.4, -0.2) is 22.1 Å². The van der Waals surface area contributed by atoms with Gasteiger partial charge in [0.15, 0.2) is 17.5 Å². The van der Waals surface area contributed by atoms with Crippen LogP contribution in [0, 0.1) is 17.5 Å². The topological polar surface area (TPSA) is 86.6 Å². The maximum Gasteiger partial charge on any atom is 0.335 e. The van der Waals surface area contributed by atoms with E-state index in [1.165, 1.54) is 0 Å². The molecular weight excluding hydrogens is 303 g/mol. The molecule has 2 rings (SSSR count). The average Bonchev–Trinajstić information content (AvgIpc) is 2.46. The SMILES string of the molecule is O=C(O)c1ccc(NC(=O)c2ccc(F)c(F)c2F)c(O)c1. The number of halogens is 3. The summed E-state index contributed by atoms with van der Waals surface area (Å²) >= 11 is 0. The van der Waals surface area contributed by atoms with Crippen LogP contribution in [-0.2, 0) is 0 Å². The first-order valence-electron chi connectivity index (χ1n) is 5.82. The van der Waals surface area contributed by atoms with Gasteiger partial charge >= 0.3 is 5.97 Å². The highest BCUT2D eigenvalue weighted by Gasteiger charge is 2.20. The second kappa shape index (κ2) is 5.76. The van der Waals surface area contributed by atoms with Gasteiger partial charge in [-0.25, -0.2) is 18.0 Å². The van der Waals surface area contributed by atoms with Crippen LogP contribution in [0.15, 0.2) is 30.3 Å². The van der Waals surface area contributed by atoms with Crippen LogP contribution in [0.4, 0.5) is 18.9 Å². The normalized spacial score (nSPS) is 10.3. The summed E-state index contributed by atoms with van der Waals surface area (Å²) in [6, 6.07) is 4.37. The third kappa shape index (κ3) is 2.85. The van der Waals surface area contributed by atoms with Crippen LogP contribution < -0.4 is 5.32 Å². The molecule has 114 valence electrons. The van der Waals surface area contributed by atoms with E-state index in [4.69, 9.17) is 5.11 Å². The molecule has 0 aliphatic carbocycles. The zero-order valence-electron chi connectivity index (χ0n) is 10.7. The number of carboxylic acids is 1. The van der Waals surface area contributed by atoms with E-state index < -0.39 is 40.6 Å². The first-order chi connectivity index (χ1) is 10.3. The van der Waals surface area contributed by atoms with E-state index in [9.17, 15) is 27.9 Å². The van der Waals surface area contributed by atoms with Crippen LogP contribution in [0.2, 0.25) is 0 Å². The third-order valence-electron chi connectivity index (χ3n) is 2.77. The Labute approximate surface area is 121 Å². The van der Waals surface area contributed by atoms with Gasteiger partial charge in [-0.2, -0.15) is 0 Å². The fraction of sp³-hybridized carbons (Fsp3) is 0. The molecule has 0 saturated carbocycles. The summed E-state index contributed by atoms with van der Waals surface area (Å²) in [5.41, 5.74) is -1.20. The first-order valence-corrected chi connectivity index (χ1v) is 5.82. The summed E-state index contributed by atoms with van der Waals surface area (Å²) in [6.07, 6.45) is 0. The molecule has 0 saturated heterocycles. The first kappa shape index (κ1) is 15.4. The number of hydrogen-bond acceptors (Lipinski definition) is 3. The number of carbonyl (C=O) groups is 2. The van der Waals surface area contributed by atoms with Gasteiger partial charge in [0.1, 0.15) is 5.75 Å². The highest BCUT2D eigenvalue weighted by atomic mass is 19.2. The van der Waals surface area contributed by atoms with E-state index in [2.05, 4.69) is 5.32 Å². The summed E-state index contributed by atoms with van der Waals surface area (Å²) in [5.74, 6) is -7.90. The van der Waals surface area contributed by atoms with Crippen molar-refractivity contribution in [2.75, 3.05) is 5.32 Å². The summed E-state index contributed by atoms with van der Waals surface area (Å²) in [7, 11) is 0. The van der Waals surface area contributed by atoms with Crippen LogP contribution in [0.5, 0.6) is 5.75 Å². The molecule has 1 amide bonds. The van der Waals surface area contributed by atoms with Crippen molar-refractivity contribution in [3.05, 3.63) is 58.9 Å². The van der Waals surface area contributed by atoms with Gasteiger partial charge in [0.2, 0.25) is 0 Å². The van der Waals surface area contributed by atoms with Crippen molar-refractivity contribution in [2.24, 2.45) is 0 Å². The van der Waals surface area contributed by atoms with Crippen LogP contribution in [0.1, 0.15) is 20.7 Å². The number of phenols is 1. The number of amides is 1. The summed E-state index contributed by atoms with van der Waals surface area (Å²) in [5, 5.41) is 20.4. The molecule has 0 aliphatic heterocycles. The van der Waals surface area contributed by atoms with Gasteiger partial charge in [-0.3, -0.25) is 4.79 Å². The maximum absolute atomic E-state index is 13.5.